The van der Waals surface area contributed by atoms with E-state index in [9.17, 15) is 13.2 Å². The van der Waals surface area contributed by atoms with Crippen LogP contribution < -0.4 is 10.0 Å². The number of aromatic nitrogens is 2. The molecule has 0 bridgehead atoms. The lowest BCUT2D eigenvalue weighted by atomic mass is 10.2. The van der Waals surface area contributed by atoms with Crippen LogP contribution in [0.2, 0.25) is 5.02 Å². The molecule has 0 aliphatic carbocycles. The molecule has 2 N–H and O–H groups in total. The fourth-order valence-electron chi connectivity index (χ4n) is 1.56. The Hall–Kier alpha value is -1.20. The Bertz CT molecular complexity index is 822. The van der Waals surface area contributed by atoms with Gasteiger partial charge < -0.3 is 5.32 Å². The van der Waals surface area contributed by atoms with Crippen LogP contribution in [0.1, 0.15) is 13.8 Å². The maximum Gasteiger partial charge on any atom is 0.269 e. The third kappa shape index (κ3) is 6.23. The molecule has 1 aromatic carbocycles. The zero-order valence-corrected chi connectivity index (χ0v) is 16.7. The number of hydrogen-bond donors (Lipinski definition) is 2. The number of halogens is 1. The molecular formula is C14H17ClN4O3S3. The Kier molecular flexibility index (Phi) is 7.20. The normalized spacial score (nSPS) is 11.7. The fraction of sp³-hybridized carbons (Fsp3) is 0.357. The minimum atomic E-state index is -3.75. The van der Waals surface area contributed by atoms with Crippen molar-refractivity contribution in [2.75, 3.05) is 17.6 Å². The molecule has 11 heteroatoms. The lowest BCUT2D eigenvalue weighted by molar-refractivity contribution is -0.118. The van der Waals surface area contributed by atoms with E-state index in [4.69, 9.17) is 11.6 Å². The minimum absolute atomic E-state index is 0.162. The van der Waals surface area contributed by atoms with Crippen molar-refractivity contribution < 1.29 is 13.2 Å². The number of rotatable bonds is 8. The zero-order chi connectivity index (χ0) is 18.4. The monoisotopic (exact) mass is 420 g/mol. The molecule has 0 spiro atoms. The lowest BCUT2D eigenvalue weighted by Gasteiger charge is -2.04. The van der Waals surface area contributed by atoms with Crippen LogP contribution in [0.4, 0.5) is 5.13 Å². The van der Waals surface area contributed by atoms with Crippen molar-refractivity contribution in [2.45, 2.75) is 23.1 Å². The van der Waals surface area contributed by atoms with E-state index >= 15 is 0 Å². The van der Waals surface area contributed by atoms with Gasteiger partial charge in [-0.05, 0) is 24.3 Å². The predicted molar refractivity (Wildman–Crippen MR) is 101 cm³/mol. The highest BCUT2D eigenvalue weighted by atomic mass is 35.5. The first kappa shape index (κ1) is 20.1. The number of nitrogens with one attached hydrogen (secondary N) is 2. The second kappa shape index (κ2) is 8.95. The highest BCUT2D eigenvalue weighted by molar-refractivity contribution is 7.99. The average Bonchev–Trinajstić information content (AvgIpc) is 3.02. The summed E-state index contributed by atoms with van der Waals surface area (Å²) in [6, 6.07) is 7.30. The number of nitrogens with zero attached hydrogens (tertiary/aromatic N) is 2. The summed E-state index contributed by atoms with van der Waals surface area (Å²) in [5.74, 6) is 0.0794. The lowest BCUT2D eigenvalue weighted by Crippen LogP contribution is -2.25. The SMILES string of the molecule is CC(C)C(=O)Nc1nnc(S(=O)(=O)NCCSc2ccc(Cl)cc2)s1. The van der Waals surface area contributed by atoms with E-state index < -0.39 is 10.0 Å². The molecule has 2 rings (SSSR count). The van der Waals surface area contributed by atoms with Crippen molar-refractivity contribution in [2.24, 2.45) is 5.92 Å². The van der Waals surface area contributed by atoms with E-state index in [2.05, 4.69) is 20.2 Å². The van der Waals surface area contributed by atoms with Gasteiger partial charge in [0.15, 0.2) is 0 Å². The van der Waals surface area contributed by atoms with E-state index in [0.717, 1.165) is 16.2 Å². The van der Waals surface area contributed by atoms with Gasteiger partial charge in [-0.15, -0.1) is 22.0 Å². The third-order valence-corrected chi connectivity index (χ3v) is 6.80. The molecule has 136 valence electrons. The molecular weight excluding hydrogens is 404 g/mol. The second-order valence-corrected chi connectivity index (χ2v) is 9.74. The molecule has 25 heavy (non-hydrogen) atoms. The number of thioether (sulfide) groups is 1. The Morgan fingerprint density at radius 3 is 2.60 bits per heavy atom. The Morgan fingerprint density at radius 2 is 1.96 bits per heavy atom. The van der Waals surface area contributed by atoms with Gasteiger partial charge in [0.1, 0.15) is 0 Å². The van der Waals surface area contributed by atoms with Crippen LogP contribution in [0.15, 0.2) is 33.5 Å². The average molecular weight is 421 g/mol. The summed E-state index contributed by atoms with van der Waals surface area (Å²) in [7, 11) is -3.75. The van der Waals surface area contributed by atoms with Crippen molar-refractivity contribution in [3.8, 4) is 0 Å². The minimum Gasteiger partial charge on any atom is -0.300 e. The molecule has 0 saturated carbocycles. The van der Waals surface area contributed by atoms with Gasteiger partial charge >= 0.3 is 0 Å². The molecule has 7 nitrogen and oxygen atoms in total. The standard InChI is InChI=1S/C14H17ClN4O3S3/c1-9(2)12(20)17-13-18-19-14(24-13)25(21,22)16-7-8-23-11-5-3-10(15)4-6-11/h3-6,9,16H,7-8H2,1-2H3,(H,17,18,20). The number of hydrogen-bond acceptors (Lipinski definition) is 7. The summed E-state index contributed by atoms with van der Waals surface area (Å²) in [4.78, 5) is 12.6. The van der Waals surface area contributed by atoms with Crippen molar-refractivity contribution in [1.82, 2.24) is 14.9 Å². The molecule has 0 aliphatic heterocycles. The number of anilines is 1. The Labute approximate surface area is 159 Å². The number of benzene rings is 1. The molecule has 0 atom stereocenters. The summed E-state index contributed by atoms with van der Waals surface area (Å²) in [5, 5.41) is 10.7. The summed E-state index contributed by atoms with van der Waals surface area (Å²) in [6.45, 7) is 3.70. The van der Waals surface area contributed by atoms with Crippen molar-refractivity contribution in [1.29, 1.82) is 0 Å². The summed E-state index contributed by atoms with van der Waals surface area (Å²) >= 11 is 8.13. The van der Waals surface area contributed by atoms with Crippen molar-refractivity contribution in [3.63, 3.8) is 0 Å². The van der Waals surface area contributed by atoms with Gasteiger partial charge in [-0.25, -0.2) is 13.1 Å². The quantitative estimate of drug-likeness (QED) is 0.387. The smallest absolute Gasteiger partial charge is 0.269 e. The first-order valence-electron chi connectivity index (χ1n) is 7.30. The van der Waals surface area contributed by atoms with Crippen LogP contribution in [-0.2, 0) is 14.8 Å². The van der Waals surface area contributed by atoms with Gasteiger partial charge in [0.05, 0.1) is 0 Å². The van der Waals surface area contributed by atoms with Crippen LogP contribution in [0, 0.1) is 5.92 Å². The Balaban J connectivity index is 1.85. The summed E-state index contributed by atoms with van der Waals surface area (Å²) < 4.78 is 26.6. The van der Waals surface area contributed by atoms with Crippen molar-refractivity contribution in [3.05, 3.63) is 29.3 Å². The third-order valence-electron chi connectivity index (χ3n) is 2.87. The first-order valence-corrected chi connectivity index (χ1v) is 11.0. The van der Waals surface area contributed by atoms with Gasteiger partial charge in [0.25, 0.3) is 10.0 Å². The summed E-state index contributed by atoms with van der Waals surface area (Å²) in [5.41, 5.74) is 0. The van der Waals surface area contributed by atoms with E-state index in [0.29, 0.717) is 10.8 Å². The van der Waals surface area contributed by atoms with Crippen LogP contribution in [0.25, 0.3) is 0 Å². The maximum absolute atomic E-state index is 12.2. The van der Waals surface area contributed by atoms with E-state index in [1.807, 2.05) is 12.1 Å². The topological polar surface area (TPSA) is 101 Å². The highest BCUT2D eigenvalue weighted by Crippen LogP contribution is 2.22. The molecule has 1 heterocycles. The number of amides is 1. The van der Waals surface area contributed by atoms with Crippen LogP contribution >= 0.6 is 34.7 Å². The molecule has 1 aromatic heterocycles. The maximum atomic E-state index is 12.2. The van der Waals surface area contributed by atoms with E-state index in [1.165, 1.54) is 11.8 Å². The number of sulfonamides is 1. The predicted octanol–water partition coefficient (Wildman–Crippen LogP) is 2.86. The van der Waals surface area contributed by atoms with Gasteiger partial charge in [-0.2, -0.15) is 0 Å². The van der Waals surface area contributed by atoms with Gasteiger partial charge in [0, 0.05) is 28.1 Å². The van der Waals surface area contributed by atoms with Crippen LogP contribution in [0.3, 0.4) is 0 Å². The molecule has 0 aliphatic rings. The molecule has 1 amide bonds. The van der Waals surface area contributed by atoms with Crippen LogP contribution in [0.5, 0.6) is 0 Å². The van der Waals surface area contributed by atoms with E-state index in [-0.39, 0.29) is 27.8 Å². The van der Waals surface area contributed by atoms with Gasteiger partial charge in [0.2, 0.25) is 15.4 Å². The van der Waals surface area contributed by atoms with E-state index in [1.54, 1.807) is 26.0 Å². The fourth-order valence-corrected chi connectivity index (χ4v) is 4.55. The summed E-state index contributed by atoms with van der Waals surface area (Å²) in [6.07, 6.45) is 0. The van der Waals surface area contributed by atoms with Gasteiger partial charge in [-0.3, -0.25) is 4.79 Å². The molecule has 2 aromatic rings. The first-order chi connectivity index (χ1) is 11.8. The molecule has 0 unspecified atom stereocenters. The van der Waals surface area contributed by atoms with Crippen LogP contribution in [-0.4, -0.2) is 36.8 Å². The second-order valence-electron chi connectivity index (χ2n) is 5.22. The molecule has 0 radical (unpaired) electrons. The number of carbonyl (C=O) groups excluding carboxylic acids is 1. The molecule has 0 saturated heterocycles. The largest absolute Gasteiger partial charge is 0.300 e. The van der Waals surface area contributed by atoms with Gasteiger partial charge in [-0.1, -0.05) is 36.8 Å². The number of carbonyl (C=O) groups is 1. The highest BCUT2D eigenvalue weighted by Gasteiger charge is 2.20. The van der Waals surface area contributed by atoms with Crippen molar-refractivity contribution >= 4 is 55.8 Å². The zero-order valence-electron chi connectivity index (χ0n) is 13.5. The molecule has 0 fully saturated rings. The Morgan fingerprint density at radius 1 is 1.28 bits per heavy atom.